The minimum absolute atomic E-state index is 0.0342. The SMILES string of the molecule is C[C@@H]1CN(C(=N)C2=CC(C(F)(F)F)C(c3cc(Cl)cs3)C3=C2NCCCS3)C[C@H](C)N1C(=O)OC(C)(C)C. The molecule has 1 fully saturated rings. The third kappa shape index (κ3) is 6.14. The van der Waals surface area contributed by atoms with Crippen LogP contribution in [0.25, 0.3) is 0 Å². The summed E-state index contributed by atoms with van der Waals surface area (Å²) in [6.07, 6.45) is -2.92. The molecule has 210 valence electrons. The van der Waals surface area contributed by atoms with Gasteiger partial charge in [-0.15, -0.1) is 23.1 Å². The molecule has 1 aromatic rings. The molecule has 0 radical (unpaired) electrons. The molecule has 6 nitrogen and oxygen atoms in total. The average molecular weight is 591 g/mol. The summed E-state index contributed by atoms with van der Waals surface area (Å²) in [6, 6.07) is 1.04. The Kier molecular flexibility index (Phi) is 8.41. The van der Waals surface area contributed by atoms with Gasteiger partial charge in [0.05, 0.1) is 28.7 Å². The third-order valence-electron chi connectivity index (χ3n) is 6.75. The van der Waals surface area contributed by atoms with E-state index in [1.54, 1.807) is 42.0 Å². The minimum Gasteiger partial charge on any atom is -0.444 e. The predicted molar refractivity (Wildman–Crippen MR) is 148 cm³/mol. The number of hydrogen-bond acceptors (Lipinski definition) is 6. The monoisotopic (exact) mass is 590 g/mol. The first kappa shape index (κ1) is 29.1. The van der Waals surface area contributed by atoms with Crippen LogP contribution in [0.4, 0.5) is 18.0 Å². The summed E-state index contributed by atoms with van der Waals surface area (Å²) in [5.41, 5.74) is 0.220. The maximum Gasteiger partial charge on any atom is 0.410 e. The highest BCUT2D eigenvalue weighted by atomic mass is 35.5. The molecule has 1 amide bonds. The van der Waals surface area contributed by atoms with Crippen molar-refractivity contribution in [1.29, 1.82) is 5.41 Å². The van der Waals surface area contributed by atoms with Crippen LogP contribution in [-0.4, -0.2) is 71.0 Å². The van der Waals surface area contributed by atoms with Crippen molar-refractivity contribution in [3.8, 4) is 0 Å². The summed E-state index contributed by atoms with van der Waals surface area (Å²) >= 11 is 8.79. The fourth-order valence-electron chi connectivity index (χ4n) is 5.25. The third-order valence-corrected chi connectivity index (χ3v) is 9.38. The number of amidine groups is 1. The van der Waals surface area contributed by atoms with Crippen molar-refractivity contribution in [2.75, 3.05) is 25.4 Å². The van der Waals surface area contributed by atoms with Gasteiger partial charge in [0.1, 0.15) is 11.4 Å². The van der Waals surface area contributed by atoms with Gasteiger partial charge in [0, 0.05) is 46.3 Å². The topological polar surface area (TPSA) is 68.7 Å². The molecule has 4 atom stereocenters. The zero-order valence-electron chi connectivity index (χ0n) is 22.1. The van der Waals surface area contributed by atoms with Gasteiger partial charge in [-0.2, -0.15) is 13.2 Å². The van der Waals surface area contributed by atoms with Gasteiger partial charge in [0.25, 0.3) is 0 Å². The lowest BCUT2D eigenvalue weighted by atomic mass is 9.81. The van der Waals surface area contributed by atoms with E-state index >= 15 is 0 Å². The number of hydrogen-bond donors (Lipinski definition) is 2. The van der Waals surface area contributed by atoms with Crippen LogP contribution < -0.4 is 5.32 Å². The number of amides is 1. The van der Waals surface area contributed by atoms with Crippen LogP contribution >= 0.6 is 34.7 Å². The highest BCUT2D eigenvalue weighted by Crippen LogP contribution is 2.53. The summed E-state index contributed by atoms with van der Waals surface area (Å²) < 4.78 is 49.2. The van der Waals surface area contributed by atoms with Crippen molar-refractivity contribution in [2.45, 2.75) is 70.8 Å². The zero-order valence-corrected chi connectivity index (χ0v) is 24.5. The Labute approximate surface area is 235 Å². The summed E-state index contributed by atoms with van der Waals surface area (Å²) in [4.78, 5) is 17.4. The zero-order chi connectivity index (χ0) is 28.0. The van der Waals surface area contributed by atoms with E-state index in [-0.39, 0.29) is 23.5 Å². The van der Waals surface area contributed by atoms with Gasteiger partial charge in [-0.1, -0.05) is 17.7 Å². The minimum atomic E-state index is -4.51. The molecule has 1 saturated heterocycles. The number of piperazine rings is 1. The van der Waals surface area contributed by atoms with E-state index in [2.05, 4.69) is 5.32 Å². The van der Waals surface area contributed by atoms with E-state index < -0.39 is 29.7 Å². The number of rotatable bonds is 2. The fourth-order valence-corrected chi connectivity index (χ4v) is 7.85. The average Bonchev–Trinajstić information content (AvgIpc) is 3.06. The van der Waals surface area contributed by atoms with Crippen molar-refractivity contribution >= 4 is 46.6 Å². The van der Waals surface area contributed by atoms with Crippen molar-refractivity contribution in [2.24, 2.45) is 5.92 Å². The van der Waals surface area contributed by atoms with Crippen molar-refractivity contribution in [3.63, 3.8) is 0 Å². The van der Waals surface area contributed by atoms with Crippen LogP contribution in [0.3, 0.4) is 0 Å². The van der Waals surface area contributed by atoms with Crippen molar-refractivity contribution in [1.82, 2.24) is 15.1 Å². The molecule has 0 aromatic carbocycles. The maximum atomic E-state index is 14.6. The molecule has 3 aliphatic rings. The Hall–Kier alpha value is -1.85. The van der Waals surface area contributed by atoms with Crippen LogP contribution in [0.15, 0.2) is 33.7 Å². The number of ether oxygens (including phenoxy) is 1. The lowest BCUT2D eigenvalue weighted by Crippen LogP contribution is -2.60. The second-order valence-electron chi connectivity index (χ2n) is 11.0. The Morgan fingerprint density at radius 3 is 2.42 bits per heavy atom. The molecule has 4 rings (SSSR count). The van der Waals surface area contributed by atoms with Crippen LogP contribution in [0, 0.1) is 11.3 Å². The molecular weight excluding hydrogens is 557 g/mol. The molecule has 2 unspecified atom stereocenters. The smallest absolute Gasteiger partial charge is 0.410 e. The summed E-state index contributed by atoms with van der Waals surface area (Å²) in [5.74, 6) is -1.96. The lowest BCUT2D eigenvalue weighted by molar-refractivity contribution is -0.164. The lowest BCUT2D eigenvalue weighted by Gasteiger charge is -2.46. The molecule has 2 aliphatic heterocycles. The predicted octanol–water partition coefficient (Wildman–Crippen LogP) is 6.85. The van der Waals surface area contributed by atoms with Gasteiger partial charge < -0.3 is 15.0 Å². The van der Waals surface area contributed by atoms with Gasteiger partial charge in [-0.05, 0) is 52.9 Å². The first-order chi connectivity index (χ1) is 17.7. The van der Waals surface area contributed by atoms with Gasteiger partial charge in [0.15, 0.2) is 0 Å². The van der Waals surface area contributed by atoms with Crippen molar-refractivity contribution in [3.05, 3.63) is 43.6 Å². The molecule has 2 N–H and O–H groups in total. The van der Waals surface area contributed by atoms with Crippen LogP contribution in [0.5, 0.6) is 0 Å². The van der Waals surface area contributed by atoms with E-state index in [0.717, 1.165) is 6.42 Å². The summed E-state index contributed by atoms with van der Waals surface area (Å²) in [6.45, 7) is 10.4. The molecule has 0 bridgehead atoms. The molecule has 0 saturated carbocycles. The van der Waals surface area contributed by atoms with Crippen LogP contribution in [-0.2, 0) is 4.74 Å². The standard InChI is InChI=1S/C26H34ClF3N4O2S2/c1-14-11-33(12-15(2)34(14)24(35)36-25(3,4)5)23(31)17-10-18(26(28,29)30)20(19-9-16(27)13-38-19)22-21(17)32-7-6-8-37-22/h9-10,13-15,18,20,31-32H,6-8,11-12H2,1-5H3/t14-,15+,18?,20?. The number of carbonyl (C=O) groups is 1. The molecule has 1 aromatic heterocycles. The van der Waals surface area contributed by atoms with E-state index in [0.29, 0.717) is 45.9 Å². The van der Waals surface area contributed by atoms with Gasteiger partial charge in [0.2, 0.25) is 0 Å². The van der Waals surface area contributed by atoms with E-state index in [9.17, 15) is 18.0 Å². The summed E-state index contributed by atoms with van der Waals surface area (Å²) in [5, 5.41) is 14.5. The molecule has 0 spiro atoms. The van der Waals surface area contributed by atoms with Crippen LogP contribution in [0.2, 0.25) is 5.02 Å². The Balaban J connectivity index is 1.67. The van der Waals surface area contributed by atoms with E-state index in [1.165, 1.54) is 29.2 Å². The molecular formula is C26H34ClF3N4O2S2. The Bertz CT molecular complexity index is 1130. The number of allylic oxidation sites excluding steroid dienone is 2. The largest absolute Gasteiger partial charge is 0.444 e. The number of nitrogens with zero attached hydrogens (tertiary/aromatic N) is 2. The highest BCUT2D eigenvalue weighted by Gasteiger charge is 2.50. The Morgan fingerprint density at radius 1 is 1.21 bits per heavy atom. The quantitative estimate of drug-likeness (QED) is 0.291. The maximum absolute atomic E-state index is 14.6. The molecule has 38 heavy (non-hydrogen) atoms. The second-order valence-corrected chi connectivity index (χ2v) is 13.5. The first-order valence-electron chi connectivity index (χ1n) is 12.7. The molecule has 3 heterocycles. The van der Waals surface area contributed by atoms with Crippen molar-refractivity contribution < 1.29 is 22.7 Å². The number of alkyl halides is 3. The number of thioether (sulfide) groups is 1. The number of thiophene rings is 1. The van der Waals surface area contributed by atoms with E-state index in [4.69, 9.17) is 21.7 Å². The number of halogens is 4. The molecule has 12 heteroatoms. The van der Waals surface area contributed by atoms with E-state index in [1.807, 2.05) is 13.8 Å². The highest BCUT2D eigenvalue weighted by molar-refractivity contribution is 8.03. The van der Waals surface area contributed by atoms with Gasteiger partial charge in [-0.3, -0.25) is 10.3 Å². The first-order valence-corrected chi connectivity index (χ1v) is 14.9. The number of nitrogens with one attached hydrogen (secondary N) is 2. The summed E-state index contributed by atoms with van der Waals surface area (Å²) in [7, 11) is 0. The number of carbonyl (C=O) groups excluding carboxylic acids is 1. The normalized spacial score (nSPS) is 26.8. The second kappa shape index (κ2) is 11.0. The molecule has 1 aliphatic carbocycles. The van der Waals surface area contributed by atoms with Gasteiger partial charge >= 0.3 is 12.3 Å². The Morgan fingerprint density at radius 2 is 1.87 bits per heavy atom. The van der Waals surface area contributed by atoms with Gasteiger partial charge in [-0.25, -0.2) is 4.79 Å². The fraction of sp³-hybridized carbons (Fsp3) is 0.615. The van der Waals surface area contributed by atoms with Crippen LogP contribution in [0.1, 0.15) is 51.8 Å².